The SMILES string of the molecule is CCc1cccc(N2C(=O)/C(=C\c3ccc(C)cc3C)NC2=S)c1. The highest BCUT2D eigenvalue weighted by Gasteiger charge is 2.32. The smallest absolute Gasteiger partial charge is 0.281 e. The van der Waals surface area contributed by atoms with Crippen LogP contribution in [0.3, 0.4) is 0 Å². The Morgan fingerprint density at radius 2 is 1.96 bits per heavy atom. The van der Waals surface area contributed by atoms with Crippen molar-refractivity contribution in [3.05, 3.63) is 70.4 Å². The Labute approximate surface area is 148 Å². The van der Waals surface area contributed by atoms with Gasteiger partial charge >= 0.3 is 0 Å². The summed E-state index contributed by atoms with van der Waals surface area (Å²) < 4.78 is 0. The number of carbonyl (C=O) groups is 1. The van der Waals surface area contributed by atoms with E-state index in [9.17, 15) is 4.79 Å². The quantitative estimate of drug-likeness (QED) is 0.676. The second kappa shape index (κ2) is 6.57. The lowest BCUT2D eigenvalue weighted by Crippen LogP contribution is -2.30. The summed E-state index contributed by atoms with van der Waals surface area (Å²) in [6, 6.07) is 14.1. The third-order valence-corrected chi connectivity index (χ3v) is 4.46. The number of nitrogens with zero attached hydrogens (tertiary/aromatic N) is 1. The summed E-state index contributed by atoms with van der Waals surface area (Å²) in [5.41, 5.74) is 5.84. The molecule has 0 atom stereocenters. The van der Waals surface area contributed by atoms with Gasteiger partial charge in [0.1, 0.15) is 5.70 Å². The highest BCUT2D eigenvalue weighted by atomic mass is 32.1. The highest BCUT2D eigenvalue weighted by Crippen LogP contribution is 2.24. The van der Waals surface area contributed by atoms with Crippen LogP contribution in [0.1, 0.15) is 29.2 Å². The van der Waals surface area contributed by atoms with Gasteiger partial charge < -0.3 is 5.32 Å². The maximum Gasteiger partial charge on any atom is 0.281 e. The van der Waals surface area contributed by atoms with Gasteiger partial charge in [0.15, 0.2) is 5.11 Å². The van der Waals surface area contributed by atoms with Crippen LogP contribution in [0.5, 0.6) is 0 Å². The van der Waals surface area contributed by atoms with Crippen molar-refractivity contribution in [2.75, 3.05) is 4.90 Å². The molecule has 0 bridgehead atoms. The third-order valence-electron chi connectivity index (χ3n) is 4.18. The standard InChI is InChI=1S/C20H20N2OS/c1-4-15-6-5-7-17(11-15)22-19(23)18(21-20(22)24)12-16-9-8-13(2)10-14(16)3/h5-12H,4H2,1-3H3,(H,21,24)/b18-12+. The first-order chi connectivity index (χ1) is 11.5. The van der Waals surface area contributed by atoms with E-state index in [2.05, 4.69) is 25.2 Å². The number of amides is 1. The predicted molar refractivity (Wildman–Crippen MR) is 103 cm³/mol. The van der Waals surface area contributed by atoms with Crippen LogP contribution in [-0.4, -0.2) is 11.0 Å². The number of rotatable bonds is 3. The summed E-state index contributed by atoms with van der Waals surface area (Å²) in [6.45, 7) is 6.19. The van der Waals surface area contributed by atoms with Crippen LogP contribution in [-0.2, 0) is 11.2 Å². The van der Waals surface area contributed by atoms with Crippen LogP contribution < -0.4 is 10.2 Å². The Morgan fingerprint density at radius 3 is 2.67 bits per heavy atom. The minimum atomic E-state index is -0.117. The molecule has 0 saturated carbocycles. The monoisotopic (exact) mass is 336 g/mol. The van der Waals surface area contributed by atoms with Crippen molar-refractivity contribution in [1.82, 2.24) is 5.32 Å². The minimum Gasteiger partial charge on any atom is -0.327 e. The number of hydrogen-bond acceptors (Lipinski definition) is 2. The van der Waals surface area contributed by atoms with Gasteiger partial charge in [0.25, 0.3) is 5.91 Å². The van der Waals surface area contributed by atoms with Crippen LogP contribution >= 0.6 is 12.2 Å². The van der Waals surface area contributed by atoms with E-state index in [4.69, 9.17) is 12.2 Å². The summed E-state index contributed by atoms with van der Waals surface area (Å²) in [7, 11) is 0. The summed E-state index contributed by atoms with van der Waals surface area (Å²) in [5.74, 6) is -0.117. The van der Waals surface area contributed by atoms with E-state index in [1.165, 1.54) is 11.1 Å². The Kier molecular flexibility index (Phi) is 4.49. The molecule has 4 heteroatoms. The number of thiocarbonyl (C=S) groups is 1. The summed E-state index contributed by atoms with van der Waals surface area (Å²) in [4.78, 5) is 14.4. The Hall–Kier alpha value is -2.46. The van der Waals surface area contributed by atoms with Gasteiger partial charge in [0, 0.05) is 0 Å². The van der Waals surface area contributed by atoms with Crippen LogP contribution in [0, 0.1) is 13.8 Å². The summed E-state index contributed by atoms with van der Waals surface area (Å²) >= 11 is 5.38. The molecular weight excluding hydrogens is 316 g/mol. The number of hydrogen-bond donors (Lipinski definition) is 1. The lowest BCUT2D eigenvalue weighted by molar-refractivity contribution is -0.113. The average Bonchev–Trinajstić information content (AvgIpc) is 2.84. The van der Waals surface area contributed by atoms with Crippen molar-refractivity contribution < 1.29 is 4.79 Å². The molecule has 0 spiro atoms. The van der Waals surface area contributed by atoms with Gasteiger partial charge in [-0.15, -0.1) is 0 Å². The zero-order valence-electron chi connectivity index (χ0n) is 14.1. The fourth-order valence-corrected chi connectivity index (χ4v) is 3.13. The highest BCUT2D eigenvalue weighted by molar-refractivity contribution is 7.80. The zero-order chi connectivity index (χ0) is 17.3. The number of anilines is 1. The van der Waals surface area contributed by atoms with E-state index in [1.807, 2.05) is 49.4 Å². The lowest BCUT2D eigenvalue weighted by Gasteiger charge is -2.14. The van der Waals surface area contributed by atoms with Crippen LogP contribution in [0.15, 0.2) is 48.2 Å². The molecule has 2 aromatic carbocycles. The van der Waals surface area contributed by atoms with Gasteiger partial charge in [-0.25, -0.2) is 0 Å². The van der Waals surface area contributed by atoms with E-state index in [0.29, 0.717) is 10.8 Å². The molecule has 1 fully saturated rings. The van der Waals surface area contributed by atoms with Gasteiger partial charge in [-0.3, -0.25) is 9.69 Å². The first kappa shape index (κ1) is 16.4. The molecule has 0 radical (unpaired) electrons. The maximum absolute atomic E-state index is 12.8. The second-order valence-electron chi connectivity index (χ2n) is 6.01. The van der Waals surface area contributed by atoms with Gasteiger partial charge in [-0.2, -0.15) is 0 Å². The first-order valence-electron chi connectivity index (χ1n) is 8.03. The summed E-state index contributed by atoms with van der Waals surface area (Å²) in [6.07, 6.45) is 2.79. The van der Waals surface area contributed by atoms with E-state index in [1.54, 1.807) is 4.90 Å². The molecule has 1 saturated heterocycles. The number of aryl methyl sites for hydroxylation is 3. The van der Waals surface area contributed by atoms with Gasteiger partial charge in [0.2, 0.25) is 0 Å². The van der Waals surface area contributed by atoms with Crippen molar-refractivity contribution in [1.29, 1.82) is 0 Å². The second-order valence-corrected chi connectivity index (χ2v) is 6.40. The molecule has 2 aromatic rings. The molecule has 0 unspecified atom stereocenters. The van der Waals surface area contributed by atoms with Crippen LogP contribution in [0.4, 0.5) is 5.69 Å². The van der Waals surface area contributed by atoms with Crippen molar-refractivity contribution in [2.24, 2.45) is 0 Å². The molecule has 1 aliphatic heterocycles. The fourth-order valence-electron chi connectivity index (χ4n) is 2.83. The Morgan fingerprint density at radius 1 is 1.17 bits per heavy atom. The Bertz CT molecular complexity index is 854. The Balaban J connectivity index is 1.95. The molecular formula is C20H20N2OS. The zero-order valence-corrected chi connectivity index (χ0v) is 14.9. The summed E-state index contributed by atoms with van der Waals surface area (Å²) in [5, 5.41) is 3.47. The topological polar surface area (TPSA) is 32.3 Å². The maximum atomic E-state index is 12.8. The first-order valence-corrected chi connectivity index (χ1v) is 8.43. The van der Waals surface area contributed by atoms with Crippen molar-refractivity contribution in [3.8, 4) is 0 Å². The average molecular weight is 336 g/mol. The van der Waals surface area contributed by atoms with Gasteiger partial charge in [0.05, 0.1) is 5.69 Å². The normalized spacial score (nSPS) is 16.0. The van der Waals surface area contributed by atoms with E-state index >= 15 is 0 Å². The van der Waals surface area contributed by atoms with Gasteiger partial charge in [-0.1, -0.05) is 42.8 Å². The molecule has 1 aliphatic rings. The van der Waals surface area contributed by atoms with E-state index in [-0.39, 0.29) is 5.91 Å². The predicted octanol–water partition coefficient (Wildman–Crippen LogP) is 4.13. The fraction of sp³-hybridized carbons (Fsp3) is 0.200. The molecule has 3 nitrogen and oxygen atoms in total. The van der Waals surface area contributed by atoms with Crippen molar-refractivity contribution in [2.45, 2.75) is 27.2 Å². The van der Waals surface area contributed by atoms with Gasteiger partial charge in [-0.05, 0) is 67.4 Å². The minimum absolute atomic E-state index is 0.117. The molecule has 1 amide bonds. The lowest BCUT2D eigenvalue weighted by atomic mass is 10.0. The molecule has 1 heterocycles. The van der Waals surface area contributed by atoms with E-state index in [0.717, 1.165) is 23.2 Å². The molecule has 1 N–H and O–H groups in total. The molecule has 3 rings (SSSR count). The number of carbonyl (C=O) groups excluding carboxylic acids is 1. The molecule has 24 heavy (non-hydrogen) atoms. The third kappa shape index (κ3) is 3.10. The number of benzene rings is 2. The van der Waals surface area contributed by atoms with Crippen molar-refractivity contribution in [3.63, 3.8) is 0 Å². The molecule has 0 aliphatic carbocycles. The largest absolute Gasteiger partial charge is 0.327 e. The number of nitrogens with one attached hydrogen (secondary N) is 1. The van der Waals surface area contributed by atoms with E-state index < -0.39 is 0 Å². The van der Waals surface area contributed by atoms with Crippen molar-refractivity contribution >= 4 is 35.0 Å². The van der Waals surface area contributed by atoms with Crippen LogP contribution in [0.25, 0.3) is 6.08 Å². The molecule has 122 valence electrons. The van der Waals surface area contributed by atoms with Crippen LogP contribution in [0.2, 0.25) is 0 Å². The molecule has 0 aromatic heterocycles.